The highest BCUT2D eigenvalue weighted by molar-refractivity contribution is 5.95. The van der Waals surface area contributed by atoms with Crippen molar-refractivity contribution in [1.29, 1.82) is 0 Å². The molecule has 0 aliphatic carbocycles. The molecule has 1 aromatic carbocycles. The minimum Gasteiger partial charge on any atom is -0.454 e. The van der Waals surface area contributed by atoms with Crippen molar-refractivity contribution in [1.82, 2.24) is 9.88 Å². The second kappa shape index (κ2) is 5.61. The summed E-state index contributed by atoms with van der Waals surface area (Å²) in [6.45, 7) is 1.90. The van der Waals surface area contributed by atoms with Gasteiger partial charge in [-0.1, -0.05) is 0 Å². The average Bonchev–Trinajstić information content (AvgIpc) is 2.42. The molecule has 0 saturated heterocycles. The number of carbonyl (C=O) groups is 1. The number of pyridine rings is 1. The van der Waals surface area contributed by atoms with Crippen molar-refractivity contribution in [3.05, 3.63) is 47.8 Å². The van der Waals surface area contributed by atoms with Gasteiger partial charge in [0.2, 0.25) is 0 Å². The zero-order chi connectivity index (χ0) is 14.7. The number of aromatic nitrogens is 1. The summed E-state index contributed by atoms with van der Waals surface area (Å²) in [5.41, 5.74) is 7.78. The molecule has 2 N–H and O–H groups in total. The lowest BCUT2D eigenvalue weighted by Gasteiger charge is -2.13. The van der Waals surface area contributed by atoms with Gasteiger partial charge in [-0.05, 0) is 37.3 Å². The van der Waals surface area contributed by atoms with Gasteiger partial charge >= 0.3 is 0 Å². The first kappa shape index (κ1) is 13.9. The van der Waals surface area contributed by atoms with E-state index < -0.39 is 0 Å². The topological polar surface area (TPSA) is 68.5 Å². The van der Waals surface area contributed by atoms with Crippen LogP contribution in [0.1, 0.15) is 16.1 Å². The largest absolute Gasteiger partial charge is 0.454 e. The first-order valence-corrected chi connectivity index (χ1v) is 6.19. The van der Waals surface area contributed by atoms with Gasteiger partial charge in [0.25, 0.3) is 5.91 Å². The van der Waals surface area contributed by atoms with Crippen LogP contribution in [0.5, 0.6) is 11.5 Å². The van der Waals surface area contributed by atoms with Crippen molar-refractivity contribution >= 4 is 11.6 Å². The number of amides is 1. The Bertz CT molecular complexity index is 622. The van der Waals surface area contributed by atoms with Crippen molar-refractivity contribution in [2.75, 3.05) is 19.8 Å². The lowest BCUT2D eigenvalue weighted by atomic mass is 10.1. The van der Waals surface area contributed by atoms with E-state index in [4.69, 9.17) is 10.5 Å². The number of ether oxygens (including phenoxy) is 1. The monoisotopic (exact) mass is 271 g/mol. The number of hydrogen-bond donors (Lipinski definition) is 1. The zero-order valence-corrected chi connectivity index (χ0v) is 11.8. The van der Waals surface area contributed by atoms with Crippen LogP contribution in [0.15, 0.2) is 36.5 Å². The Labute approximate surface area is 118 Å². The highest BCUT2D eigenvalue weighted by atomic mass is 16.5. The molecule has 1 amide bonds. The predicted octanol–water partition coefficient (Wildman–Crippen LogP) is 2.47. The van der Waals surface area contributed by atoms with Crippen LogP contribution in [0, 0.1) is 6.92 Å². The van der Waals surface area contributed by atoms with E-state index in [1.54, 1.807) is 38.5 Å². The van der Waals surface area contributed by atoms with Gasteiger partial charge in [-0.3, -0.25) is 9.78 Å². The molecule has 0 spiro atoms. The van der Waals surface area contributed by atoms with Gasteiger partial charge in [-0.25, -0.2) is 0 Å². The maximum atomic E-state index is 11.8. The number of nitrogen functional groups attached to an aromatic ring is 1. The van der Waals surface area contributed by atoms with Crippen LogP contribution in [0.4, 0.5) is 5.69 Å². The van der Waals surface area contributed by atoms with E-state index in [-0.39, 0.29) is 5.91 Å². The smallest absolute Gasteiger partial charge is 0.253 e. The first-order valence-electron chi connectivity index (χ1n) is 6.19. The summed E-state index contributed by atoms with van der Waals surface area (Å²) in [6.07, 6.45) is 1.63. The van der Waals surface area contributed by atoms with Crippen LogP contribution in [0.25, 0.3) is 0 Å². The van der Waals surface area contributed by atoms with Gasteiger partial charge in [0.1, 0.15) is 11.5 Å². The molecule has 0 bridgehead atoms. The second-order valence-electron chi connectivity index (χ2n) is 4.69. The summed E-state index contributed by atoms with van der Waals surface area (Å²) in [6, 6.07) is 8.66. The summed E-state index contributed by atoms with van der Waals surface area (Å²) in [5.74, 6) is 1.01. The Kier molecular flexibility index (Phi) is 3.89. The SMILES string of the molecule is Cc1ccc(Oc2ccc(C(=O)N(C)C)cc2N)cn1. The molecule has 1 aromatic heterocycles. The summed E-state index contributed by atoms with van der Waals surface area (Å²) < 4.78 is 5.65. The van der Waals surface area contributed by atoms with E-state index in [1.807, 2.05) is 19.1 Å². The molecular weight excluding hydrogens is 254 g/mol. The third kappa shape index (κ3) is 3.06. The van der Waals surface area contributed by atoms with Gasteiger partial charge in [0.15, 0.2) is 0 Å². The molecule has 5 nitrogen and oxygen atoms in total. The lowest BCUT2D eigenvalue weighted by Crippen LogP contribution is -2.21. The van der Waals surface area contributed by atoms with Crippen molar-refractivity contribution in [2.24, 2.45) is 0 Å². The number of nitrogens with zero attached hydrogens (tertiary/aromatic N) is 2. The van der Waals surface area contributed by atoms with Crippen molar-refractivity contribution < 1.29 is 9.53 Å². The summed E-state index contributed by atoms with van der Waals surface area (Å²) in [5, 5.41) is 0. The Morgan fingerprint density at radius 3 is 2.55 bits per heavy atom. The molecular formula is C15H17N3O2. The van der Waals surface area contributed by atoms with Gasteiger partial charge < -0.3 is 15.4 Å². The fourth-order valence-electron chi connectivity index (χ4n) is 1.67. The maximum absolute atomic E-state index is 11.8. The minimum absolute atomic E-state index is 0.0970. The molecule has 0 aliphatic heterocycles. The number of nitrogens with two attached hydrogens (primary N) is 1. The molecule has 0 radical (unpaired) electrons. The summed E-state index contributed by atoms with van der Waals surface area (Å²) >= 11 is 0. The number of aryl methyl sites for hydroxylation is 1. The molecule has 0 atom stereocenters. The Balaban J connectivity index is 2.22. The molecule has 0 saturated carbocycles. The van der Waals surface area contributed by atoms with Gasteiger partial charge in [0.05, 0.1) is 11.9 Å². The number of rotatable bonds is 3. The van der Waals surface area contributed by atoms with E-state index in [1.165, 1.54) is 4.90 Å². The Hall–Kier alpha value is -2.56. The number of anilines is 1. The molecule has 2 rings (SSSR count). The Morgan fingerprint density at radius 1 is 1.25 bits per heavy atom. The number of hydrogen-bond acceptors (Lipinski definition) is 4. The molecule has 0 fully saturated rings. The fourth-order valence-corrected chi connectivity index (χ4v) is 1.67. The van der Waals surface area contributed by atoms with Gasteiger partial charge in [-0.15, -0.1) is 0 Å². The maximum Gasteiger partial charge on any atom is 0.253 e. The van der Waals surface area contributed by atoms with Crippen LogP contribution in [-0.4, -0.2) is 29.9 Å². The summed E-state index contributed by atoms with van der Waals surface area (Å²) in [7, 11) is 3.39. The second-order valence-corrected chi connectivity index (χ2v) is 4.69. The summed E-state index contributed by atoms with van der Waals surface area (Å²) in [4.78, 5) is 17.5. The highest BCUT2D eigenvalue weighted by Gasteiger charge is 2.11. The average molecular weight is 271 g/mol. The zero-order valence-electron chi connectivity index (χ0n) is 11.8. The van der Waals surface area contributed by atoms with Crippen LogP contribution in [0.3, 0.4) is 0 Å². The predicted molar refractivity (Wildman–Crippen MR) is 77.9 cm³/mol. The van der Waals surface area contributed by atoms with E-state index in [9.17, 15) is 4.79 Å². The number of benzene rings is 1. The van der Waals surface area contributed by atoms with E-state index in [2.05, 4.69) is 4.98 Å². The minimum atomic E-state index is -0.0970. The van der Waals surface area contributed by atoms with Crippen LogP contribution < -0.4 is 10.5 Å². The first-order chi connectivity index (χ1) is 9.47. The van der Waals surface area contributed by atoms with Crippen LogP contribution in [-0.2, 0) is 0 Å². The number of carbonyl (C=O) groups excluding carboxylic acids is 1. The standard InChI is InChI=1S/C15H17N3O2/c1-10-4-6-12(9-17-10)20-14-7-5-11(8-13(14)16)15(19)18(2)3/h4-9H,16H2,1-3H3. The van der Waals surface area contributed by atoms with E-state index >= 15 is 0 Å². The fraction of sp³-hybridized carbons (Fsp3) is 0.200. The Morgan fingerprint density at radius 2 is 2.00 bits per heavy atom. The highest BCUT2D eigenvalue weighted by Crippen LogP contribution is 2.28. The van der Waals surface area contributed by atoms with Gasteiger partial charge in [-0.2, -0.15) is 0 Å². The van der Waals surface area contributed by atoms with Crippen molar-refractivity contribution in [3.8, 4) is 11.5 Å². The molecule has 20 heavy (non-hydrogen) atoms. The van der Waals surface area contributed by atoms with E-state index in [0.29, 0.717) is 22.7 Å². The molecule has 0 unspecified atom stereocenters. The lowest BCUT2D eigenvalue weighted by molar-refractivity contribution is 0.0827. The normalized spacial score (nSPS) is 10.2. The quantitative estimate of drug-likeness (QED) is 0.871. The third-order valence-electron chi connectivity index (χ3n) is 2.77. The molecule has 104 valence electrons. The van der Waals surface area contributed by atoms with Crippen LogP contribution in [0.2, 0.25) is 0 Å². The molecule has 0 aliphatic rings. The van der Waals surface area contributed by atoms with E-state index in [0.717, 1.165) is 5.69 Å². The molecule has 5 heteroatoms. The van der Waals surface area contributed by atoms with Crippen LogP contribution >= 0.6 is 0 Å². The third-order valence-corrected chi connectivity index (χ3v) is 2.77. The molecule has 1 heterocycles. The molecule has 2 aromatic rings. The van der Waals surface area contributed by atoms with Crippen molar-refractivity contribution in [2.45, 2.75) is 6.92 Å². The van der Waals surface area contributed by atoms with Crippen molar-refractivity contribution in [3.63, 3.8) is 0 Å². The van der Waals surface area contributed by atoms with Gasteiger partial charge in [0, 0.05) is 25.4 Å².